The van der Waals surface area contributed by atoms with Gasteiger partial charge in [-0.3, -0.25) is 4.79 Å². The van der Waals surface area contributed by atoms with Gasteiger partial charge in [0.1, 0.15) is 5.75 Å². The number of benzene rings is 1. The van der Waals surface area contributed by atoms with Crippen LogP contribution in [0, 0.1) is 6.92 Å². The molecule has 0 bridgehead atoms. The first-order chi connectivity index (χ1) is 6.56. The van der Waals surface area contributed by atoms with Crippen molar-refractivity contribution in [1.82, 2.24) is 0 Å². The molecule has 1 N–H and O–H groups in total. The van der Waals surface area contributed by atoms with E-state index in [0.717, 1.165) is 5.56 Å². The average Bonchev–Trinajstić information content (AvgIpc) is 2.16. The molecule has 0 saturated heterocycles. The number of hydrogen-bond acceptors (Lipinski definition) is 2. The molecule has 1 radical (unpaired) electrons. The number of rotatable bonds is 3. The molecule has 0 aliphatic rings. The van der Waals surface area contributed by atoms with Gasteiger partial charge in [0.2, 0.25) is 0 Å². The molecule has 3 heteroatoms. The van der Waals surface area contributed by atoms with Crippen LogP contribution in [0.4, 0.5) is 0 Å². The summed E-state index contributed by atoms with van der Waals surface area (Å²) in [6.45, 7) is 5.43. The van der Waals surface area contributed by atoms with Gasteiger partial charge < -0.3 is 9.84 Å². The van der Waals surface area contributed by atoms with Crippen LogP contribution in [-0.4, -0.2) is 18.2 Å². The highest BCUT2D eigenvalue weighted by Gasteiger charge is 2.15. The largest absolute Gasteiger partial charge is 0.497 e. The van der Waals surface area contributed by atoms with E-state index in [-0.39, 0.29) is 0 Å². The fraction of sp³-hybridized carbons (Fsp3) is 0.273. The first kappa shape index (κ1) is 10.6. The predicted molar refractivity (Wildman–Crippen MR) is 53.5 cm³/mol. The summed E-state index contributed by atoms with van der Waals surface area (Å²) in [6, 6.07) is 5.21. The van der Waals surface area contributed by atoms with E-state index in [1.165, 1.54) is 0 Å². The maximum atomic E-state index is 10.7. The Labute approximate surface area is 83.3 Å². The lowest BCUT2D eigenvalue weighted by atomic mass is 9.96. The Morgan fingerprint density at radius 1 is 1.57 bits per heavy atom. The van der Waals surface area contributed by atoms with E-state index in [9.17, 15) is 4.79 Å². The van der Waals surface area contributed by atoms with Gasteiger partial charge in [0.15, 0.2) is 0 Å². The highest BCUT2D eigenvalue weighted by Crippen LogP contribution is 2.23. The van der Waals surface area contributed by atoms with Gasteiger partial charge in [-0.2, -0.15) is 0 Å². The number of aliphatic carboxylic acids is 1. The lowest BCUT2D eigenvalue weighted by molar-refractivity contribution is -0.138. The fourth-order valence-electron chi connectivity index (χ4n) is 1.26. The molecule has 0 amide bonds. The second kappa shape index (κ2) is 4.13. The van der Waals surface area contributed by atoms with Crippen LogP contribution >= 0.6 is 0 Å². The van der Waals surface area contributed by atoms with Gasteiger partial charge in [-0.15, -0.1) is 0 Å². The SMILES string of the molecule is [CH2]c1cc(OC)ccc1C(C)C(=O)O. The average molecular weight is 193 g/mol. The van der Waals surface area contributed by atoms with Crippen molar-refractivity contribution < 1.29 is 14.6 Å². The van der Waals surface area contributed by atoms with Crippen molar-refractivity contribution >= 4 is 5.97 Å². The van der Waals surface area contributed by atoms with E-state index < -0.39 is 11.9 Å². The second-order valence-corrected chi connectivity index (χ2v) is 3.12. The van der Waals surface area contributed by atoms with E-state index in [4.69, 9.17) is 9.84 Å². The summed E-state index contributed by atoms with van der Waals surface area (Å²) < 4.78 is 5.00. The van der Waals surface area contributed by atoms with E-state index in [0.29, 0.717) is 11.3 Å². The second-order valence-electron chi connectivity index (χ2n) is 3.12. The highest BCUT2D eigenvalue weighted by molar-refractivity contribution is 5.76. The van der Waals surface area contributed by atoms with Crippen LogP contribution < -0.4 is 4.74 Å². The first-order valence-electron chi connectivity index (χ1n) is 4.29. The summed E-state index contributed by atoms with van der Waals surface area (Å²) >= 11 is 0. The highest BCUT2D eigenvalue weighted by atomic mass is 16.5. The Morgan fingerprint density at radius 3 is 2.64 bits per heavy atom. The van der Waals surface area contributed by atoms with Gasteiger partial charge in [0.05, 0.1) is 13.0 Å². The maximum absolute atomic E-state index is 10.7. The van der Waals surface area contributed by atoms with Gasteiger partial charge in [0.25, 0.3) is 0 Å². The van der Waals surface area contributed by atoms with Crippen LogP contribution in [0.5, 0.6) is 5.75 Å². The van der Waals surface area contributed by atoms with Crippen LogP contribution in [0.1, 0.15) is 24.0 Å². The molecular weight excluding hydrogens is 180 g/mol. The Balaban J connectivity index is 3.05. The minimum Gasteiger partial charge on any atom is -0.497 e. The molecule has 0 fully saturated rings. The summed E-state index contributed by atoms with van der Waals surface area (Å²) in [6.07, 6.45) is 0. The van der Waals surface area contributed by atoms with Gasteiger partial charge in [-0.1, -0.05) is 6.07 Å². The van der Waals surface area contributed by atoms with Crippen LogP contribution in [0.3, 0.4) is 0 Å². The molecule has 1 aromatic rings. The van der Waals surface area contributed by atoms with Gasteiger partial charge in [-0.05, 0) is 37.1 Å². The molecule has 1 aromatic carbocycles. The third kappa shape index (κ3) is 2.05. The quantitative estimate of drug-likeness (QED) is 0.799. The molecule has 0 aliphatic carbocycles. The molecule has 14 heavy (non-hydrogen) atoms. The number of carboxylic acid groups (broad SMARTS) is 1. The Kier molecular flexibility index (Phi) is 3.12. The minimum atomic E-state index is -0.847. The summed E-state index contributed by atoms with van der Waals surface area (Å²) in [5.74, 6) is -0.690. The van der Waals surface area contributed by atoms with E-state index in [2.05, 4.69) is 6.92 Å². The normalized spacial score (nSPS) is 12.2. The van der Waals surface area contributed by atoms with Crippen molar-refractivity contribution in [3.63, 3.8) is 0 Å². The molecular formula is C11H13O3. The topological polar surface area (TPSA) is 46.5 Å². The zero-order chi connectivity index (χ0) is 10.7. The smallest absolute Gasteiger partial charge is 0.310 e. The Bertz CT molecular complexity index is 344. The van der Waals surface area contributed by atoms with E-state index >= 15 is 0 Å². The summed E-state index contributed by atoms with van der Waals surface area (Å²) in [4.78, 5) is 10.7. The van der Waals surface area contributed by atoms with Crippen molar-refractivity contribution in [1.29, 1.82) is 0 Å². The number of carboxylic acids is 1. The molecule has 75 valence electrons. The van der Waals surface area contributed by atoms with Gasteiger partial charge in [-0.25, -0.2) is 0 Å². The van der Waals surface area contributed by atoms with Crippen molar-refractivity contribution in [2.24, 2.45) is 0 Å². The molecule has 3 nitrogen and oxygen atoms in total. The minimum absolute atomic E-state index is 0.534. The molecule has 1 atom stereocenters. The zero-order valence-corrected chi connectivity index (χ0v) is 8.28. The molecule has 1 unspecified atom stereocenters. The zero-order valence-electron chi connectivity index (χ0n) is 8.28. The molecule has 0 aromatic heterocycles. The number of methoxy groups -OCH3 is 1. The van der Waals surface area contributed by atoms with Crippen molar-refractivity contribution in [3.05, 3.63) is 36.2 Å². The Hall–Kier alpha value is -1.51. The van der Waals surface area contributed by atoms with Crippen LogP contribution in [0.25, 0.3) is 0 Å². The standard InChI is InChI=1S/C11H13O3/c1-7-6-9(14-3)4-5-10(7)8(2)11(12)13/h4-6,8H,1H2,2-3H3,(H,12,13). The molecule has 0 spiro atoms. The lowest BCUT2D eigenvalue weighted by Crippen LogP contribution is -2.08. The van der Waals surface area contributed by atoms with Crippen molar-refractivity contribution in [3.8, 4) is 5.75 Å². The van der Waals surface area contributed by atoms with E-state index in [1.54, 1.807) is 32.2 Å². The number of carbonyl (C=O) groups is 1. The maximum Gasteiger partial charge on any atom is 0.310 e. The van der Waals surface area contributed by atoms with Crippen molar-refractivity contribution in [2.75, 3.05) is 7.11 Å². The fourth-order valence-corrected chi connectivity index (χ4v) is 1.26. The number of ether oxygens (including phenoxy) is 1. The van der Waals surface area contributed by atoms with Gasteiger partial charge >= 0.3 is 5.97 Å². The third-order valence-electron chi connectivity index (χ3n) is 2.19. The molecule has 0 saturated carbocycles. The van der Waals surface area contributed by atoms with E-state index in [1.807, 2.05) is 0 Å². The summed E-state index contributed by atoms with van der Waals surface area (Å²) in [5.41, 5.74) is 1.41. The Morgan fingerprint density at radius 2 is 2.21 bits per heavy atom. The van der Waals surface area contributed by atoms with Crippen LogP contribution in [-0.2, 0) is 4.79 Å². The molecule has 1 rings (SSSR count). The first-order valence-corrected chi connectivity index (χ1v) is 4.29. The summed E-state index contributed by atoms with van der Waals surface area (Å²) in [7, 11) is 1.56. The summed E-state index contributed by atoms with van der Waals surface area (Å²) in [5, 5.41) is 8.83. The predicted octanol–water partition coefficient (Wildman–Crippen LogP) is 2.07. The van der Waals surface area contributed by atoms with Crippen molar-refractivity contribution in [2.45, 2.75) is 12.8 Å². The molecule has 0 aliphatic heterocycles. The van der Waals surface area contributed by atoms with Crippen LogP contribution in [0.15, 0.2) is 18.2 Å². The number of hydrogen-bond donors (Lipinski definition) is 1. The molecule has 0 heterocycles. The lowest BCUT2D eigenvalue weighted by Gasteiger charge is -2.11. The van der Waals surface area contributed by atoms with Gasteiger partial charge in [0, 0.05) is 0 Å². The monoisotopic (exact) mass is 193 g/mol. The van der Waals surface area contributed by atoms with Crippen LogP contribution in [0.2, 0.25) is 0 Å². The third-order valence-corrected chi connectivity index (χ3v) is 2.19.